The van der Waals surface area contributed by atoms with Crippen molar-refractivity contribution in [2.24, 2.45) is 17.7 Å². The molecule has 2 rings (SSSR count). The summed E-state index contributed by atoms with van der Waals surface area (Å²) in [7, 11) is 4.50. The van der Waals surface area contributed by atoms with Crippen LogP contribution in [-0.4, -0.2) is 55.6 Å². The Morgan fingerprint density at radius 2 is 1.79 bits per heavy atom. The van der Waals surface area contributed by atoms with Crippen molar-refractivity contribution in [1.29, 1.82) is 0 Å². The number of hydrogen-bond donors (Lipinski definition) is 2. The summed E-state index contributed by atoms with van der Waals surface area (Å²) in [5.74, 6) is 7.59. The third kappa shape index (κ3) is 3.91. The second kappa shape index (κ2) is 7.02. The smallest absolute Gasteiger partial charge is 0.0406 e. The molecule has 0 aromatic heterocycles. The molecule has 112 valence electrons. The molecule has 19 heavy (non-hydrogen) atoms. The maximum atomic E-state index is 5.93. The molecular formula is C15H32N4. The lowest BCUT2D eigenvalue weighted by atomic mass is 9.77. The first kappa shape index (κ1) is 15.2. The van der Waals surface area contributed by atoms with Gasteiger partial charge in [-0.2, -0.15) is 0 Å². The van der Waals surface area contributed by atoms with Gasteiger partial charge in [-0.1, -0.05) is 19.8 Å². The number of nitrogens with one attached hydrogen (secondary N) is 1. The van der Waals surface area contributed by atoms with Gasteiger partial charge in [-0.3, -0.25) is 11.3 Å². The molecule has 0 amide bonds. The zero-order valence-corrected chi connectivity index (χ0v) is 12.9. The van der Waals surface area contributed by atoms with Crippen LogP contribution in [0.5, 0.6) is 0 Å². The normalized spacial score (nSPS) is 36.9. The highest BCUT2D eigenvalue weighted by Gasteiger charge is 2.34. The van der Waals surface area contributed by atoms with Crippen molar-refractivity contribution in [1.82, 2.24) is 15.2 Å². The van der Waals surface area contributed by atoms with Crippen LogP contribution in [-0.2, 0) is 0 Å². The summed E-state index contributed by atoms with van der Waals surface area (Å²) in [5, 5.41) is 0. The lowest BCUT2D eigenvalue weighted by Crippen LogP contribution is -2.57. The topological polar surface area (TPSA) is 44.5 Å². The lowest BCUT2D eigenvalue weighted by Gasteiger charge is -2.40. The highest BCUT2D eigenvalue weighted by molar-refractivity contribution is 4.92. The van der Waals surface area contributed by atoms with Gasteiger partial charge in [0, 0.05) is 18.6 Å². The van der Waals surface area contributed by atoms with Crippen LogP contribution in [0.3, 0.4) is 0 Å². The molecule has 4 heteroatoms. The van der Waals surface area contributed by atoms with E-state index < -0.39 is 0 Å². The fourth-order valence-corrected chi connectivity index (χ4v) is 3.90. The third-order valence-electron chi connectivity index (χ3n) is 5.29. The maximum Gasteiger partial charge on any atom is 0.0406 e. The van der Waals surface area contributed by atoms with E-state index in [2.05, 4.69) is 36.2 Å². The van der Waals surface area contributed by atoms with Gasteiger partial charge in [0.25, 0.3) is 0 Å². The molecule has 0 radical (unpaired) electrons. The molecule has 2 atom stereocenters. The van der Waals surface area contributed by atoms with Gasteiger partial charge in [0.2, 0.25) is 0 Å². The Kier molecular flexibility index (Phi) is 5.63. The van der Waals surface area contributed by atoms with Crippen molar-refractivity contribution in [2.75, 3.05) is 33.7 Å². The van der Waals surface area contributed by atoms with Crippen LogP contribution in [0.2, 0.25) is 0 Å². The third-order valence-corrected chi connectivity index (χ3v) is 5.29. The monoisotopic (exact) mass is 268 g/mol. The van der Waals surface area contributed by atoms with E-state index in [9.17, 15) is 0 Å². The quantitative estimate of drug-likeness (QED) is 0.598. The van der Waals surface area contributed by atoms with Crippen molar-refractivity contribution in [3.63, 3.8) is 0 Å². The van der Waals surface area contributed by atoms with Crippen LogP contribution in [0.1, 0.15) is 39.0 Å². The molecule has 1 aliphatic heterocycles. The van der Waals surface area contributed by atoms with Crippen molar-refractivity contribution < 1.29 is 0 Å². The zero-order chi connectivity index (χ0) is 13.8. The highest BCUT2D eigenvalue weighted by atomic mass is 15.3. The standard InChI is InChI=1S/C15H32N4/c1-12-5-7-13(8-6-12)15(17-16)14-11-18(2)9-4-10-19(14)3/h12-15,17H,4-11,16H2,1-3H3. The minimum atomic E-state index is 0.443. The van der Waals surface area contributed by atoms with Crippen LogP contribution in [0.25, 0.3) is 0 Å². The van der Waals surface area contributed by atoms with E-state index in [0.29, 0.717) is 12.1 Å². The molecule has 2 fully saturated rings. The van der Waals surface area contributed by atoms with E-state index in [1.807, 2.05) is 0 Å². The summed E-state index contributed by atoms with van der Waals surface area (Å²) < 4.78 is 0. The molecule has 1 heterocycles. The van der Waals surface area contributed by atoms with Crippen LogP contribution in [0.4, 0.5) is 0 Å². The van der Waals surface area contributed by atoms with Gasteiger partial charge in [-0.25, -0.2) is 0 Å². The van der Waals surface area contributed by atoms with Crippen molar-refractivity contribution in [3.05, 3.63) is 0 Å². The Morgan fingerprint density at radius 3 is 2.42 bits per heavy atom. The van der Waals surface area contributed by atoms with Crippen molar-refractivity contribution >= 4 is 0 Å². The van der Waals surface area contributed by atoms with Gasteiger partial charge >= 0.3 is 0 Å². The molecule has 2 aliphatic rings. The molecular weight excluding hydrogens is 236 g/mol. The lowest BCUT2D eigenvalue weighted by molar-refractivity contribution is 0.118. The second-order valence-electron chi connectivity index (χ2n) is 6.88. The summed E-state index contributed by atoms with van der Waals surface area (Å²) >= 11 is 0. The first-order valence-electron chi connectivity index (χ1n) is 7.96. The Labute approximate surface area is 118 Å². The Balaban J connectivity index is 2.02. The summed E-state index contributed by atoms with van der Waals surface area (Å²) in [6.07, 6.45) is 6.68. The number of nitrogens with two attached hydrogens (primary N) is 1. The number of hydrazine groups is 1. The van der Waals surface area contributed by atoms with Crippen LogP contribution >= 0.6 is 0 Å². The van der Waals surface area contributed by atoms with Crippen LogP contribution in [0, 0.1) is 11.8 Å². The number of hydrogen-bond acceptors (Lipinski definition) is 4. The molecule has 3 N–H and O–H groups in total. The predicted octanol–water partition coefficient (Wildman–Crippen LogP) is 1.28. The highest BCUT2D eigenvalue weighted by Crippen LogP contribution is 2.32. The Morgan fingerprint density at radius 1 is 1.11 bits per heavy atom. The molecule has 0 aromatic carbocycles. The van der Waals surface area contributed by atoms with Crippen LogP contribution < -0.4 is 11.3 Å². The van der Waals surface area contributed by atoms with E-state index in [1.54, 1.807) is 0 Å². The number of rotatable bonds is 3. The van der Waals surface area contributed by atoms with Crippen LogP contribution in [0.15, 0.2) is 0 Å². The van der Waals surface area contributed by atoms with Gasteiger partial charge in [0.1, 0.15) is 0 Å². The minimum absolute atomic E-state index is 0.443. The first-order valence-corrected chi connectivity index (χ1v) is 7.96. The number of likely N-dealkylation sites (N-methyl/N-ethyl adjacent to an activating group) is 2. The van der Waals surface area contributed by atoms with E-state index >= 15 is 0 Å². The van der Waals surface area contributed by atoms with Crippen molar-refractivity contribution in [3.8, 4) is 0 Å². The maximum absolute atomic E-state index is 5.93. The number of nitrogens with zero attached hydrogens (tertiary/aromatic N) is 2. The molecule has 4 nitrogen and oxygen atoms in total. The summed E-state index contributed by atoms with van der Waals surface area (Å²) in [6, 6.07) is 0.994. The fourth-order valence-electron chi connectivity index (χ4n) is 3.90. The molecule has 1 saturated carbocycles. The summed E-state index contributed by atoms with van der Waals surface area (Å²) in [6.45, 7) is 5.92. The van der Waals surface area contributed by atoms with Crippen molar-refractivity contribution in [2.45, 2.75) is 51.1 Å². The molecule has 0 aromatic rings. The molecule has 0 spiro atoms. The van der Waals surface area contributed by atoms with E-state index in [1.165, 1.54) is 45.2 Å². The van der Waals surface area contributed by atoms with E-state index in [0.717, 1.165) is 18.4 Å². The molecule has 1 aliphatic carbocycles. The van der Waals surface area contributed by atoms with Gasteiger partial charge in [0.15, 0.2) is 0 Å². The average molecular weight is 268 g/mol. The molecule has 0 bridgehead atoms. The second-order valence-corrected chi connectivity index (χ2v) is 6.88. The predicted molar refractivity (Wildman–Crippen MR) is 80.8 cm³/mol. The Bertz CT molecular complexity index is 263. The SMILES string of the molecule is CC1CCC(C(NN)C2CN(C)CCCN2C)CC1. The average Bonchev–Trinajstić information content (AvgIpc) is 2.55. The van der Waals surface area contributed by atoms with Gasteiger partial charge in [-0.05, 0) is 58.3 Å². The minimum Gasteiger partial charge on any atom is -0.305 e. The van der Waals surface area contributed by atoms with Gasteiger partial charge in [0.05, 0.1) is 0 Å². The van der Waals surface area contributed by atoms with Gasteiger partial charge in [-0.15, -0.1) is 0 Å². The first-order chi connectivity index (χ1) is 9.11. The molecule has 1 saturated heterocycles. The fraction of sp³-hybridized carbons (Fsp3) is 1.00. The van der Waals surface area contributed by atoms with E-state index in [4.69, 9.17) is 5.84 Å². The Hall–Kier alpha value is -0.160. The van der Waals surface area contributed by atoms with Gasteiger partial charge < -0.3 is 9.80 Å². The summed E-state index contributed by atoms with van der Waals surface area (Å²) in [4.78, 5) is 4.98. The zero-order valence-electron chi connectivity index (χ0n) is 12.9. The summed E-state index contributed by atoms with van der Waals surface area (Å²) in [5.41, 5.74) is 3.17. The van der Waals surface area contributed by atoms with E-state index in [-0.39, 0.29) is 0 Å². The largest absolute Gasteiger partial charge is 0.305 e. The molecule has 2 unspecified atom stereocenters.